The van der Waals surface area contributed by atoms with Crippen molar-refractivity contribution in [1.29, 1.82) is 0 Å². The zero-order chi connectivity index (χ0) is 10.4. The molecule has 78 valence electrons. The van der Waals surface area contributed by atoms with Crippen LogP contribution in [0.1, 0.15) is 12.0 Å². The standard InChI is InChI=1S/C11H17NO2/c1-13-10-6-5-9(4-3-7-12)11(8-10)14-2/h5-6,8H,3-4,7,12H2,1-2H3. The average Bonchev–Trinajstić information content (AvgIpc) is 2.26. The van der Waals surface area contributed by atoms with Gasteiger partial charge in [-0.15, -0.1) is 0 Å². The third-order valence-electron chi connectivity index (χ3n) is 2.14. The molecule has 0 atom stereocenters. The third kappa shape index (κ3) is 2.64. The monoisotopic (exact) mass is 195 g/mol. The van der Waals surface area contributed by atoms with Gasteiger partial charge in [-0.05, 0) is 31.0 Å². The molecule has 0 spiro atoms. The van der Waals surface area contributed by atoms with Crippen LogP contribution in [0.15, 0.2) is 18.2 Å². The van der Waals surface area contributed by atoms with E-state index in [0.29, 0.717) is 6.54 Å². The van der Waals surface area contributed by atoms with E-state index in [4.69, 9.17) is 15.2 Å². The van der Waals surface area contributed by atoms with Gasteiger partial charge in [0.2, 0.25) is 0 Å². The fourth-order valence-corrected chi connectivity index (χ4v) is 1.35. The van der Waals surface area contributed by atoms with Gasteiger partial charge in [0.25, 0.3) is 0 Å². The maximum atomic E-state index is 5.46. The number of methoxy groups -OCH3 is 2. The molecule has 0 heterocycles. The lowest BCUT2D eigenvalue weighted by molar-refractivity contribution is 0.391. The van der Waals surface area contributed by atoms with Crippen molar-refractivity contribution in [3.8, 4) is 11.5 Å². The molecule has 0 aliphatic heterocycles. The minimum Gasteiger partial charge on any atom is -0.497 e. The van der Waals surface area contributed by atoms with Crippen molar-refractivity contribution in [2.45, 2.75) is 12.8 Å². The number of aryl methyl sites for hydroxylation is 1. The number of hydrogen-bond acceptors (Lipinski definition) is 3. The molecule has 0 aromatic heterocycles. The van der Waals surface area contributed by atoms with E-state index in [0.717, 1.165) is 24.3 Å². The van der Waals surface area contributed by atoms with Crippen LogP contribution >= 0.6 is 0 Å². The van der Waals surface area contributed by atoms with Gasteiger partial charge in [-0.3, -0.25) is 0 Å². The van der Waals surface area contributed by atoms with Crippen LogP contribution in [-0.2, 0) is 6.42 Å². The normalized spacial score (nSPS) is 9.93. The Morgan fingerprint density at radius 1 is 1.21 bits per heavy atom. The van der Waals surface area contributed by atoms with E-state index in [2.05, 4.69) is 0 Å². The average molecular weight is 195 g/mol. The van der Waals surface area contributed by atoms with Crippen molar-refractivity contribution in [2.75, 3.05) is 20.8 Å². The molecule has 0 amide bonds. The molecule has 3 heteroatoms. The Hall–Kier alpha value is -1.22. The van der Waals surface area contributed by atoms with E-state index < -0.39 is 0 Å². The summed E-state index contributed by atoms with van der Waals surface area (Å²) >= 11 is 0. The number of rotatable bonds is 5. The van der Waals surface area contributed by atoms with Crippen molar-refractivity contribution in [1.82, 2.24) is 0 Å². The van der Waals surface area contributed by atoms with Gasteiger partial charge in [0, 0.05) is 6.07 Å². The second-order valence-electron chi connectivity index (χ2n) is 3.07. The smallest absolute Gasteiger partial charge is 0.125 e. The number of hydrogen-bond donors (Lipinski definition) is 1. The Bertz CT molecular complexity index is 287. The van der Waals surface area contributed by atoms with Crippen molar-refractivity contribution < 1.29 is 9.47 Å². The summed E-state index contributed by atoms with van der Waals surface area (Å²) in [4.78, 5) is 0. The maximum absolute atomic E-state index is 5.46. The Morgan fingerprint density at radius 3 is 2.57 bits per heavy atom. The van der Waals surface area contributed by atoms with Crippen LogP contribution in [0.4, 0.5) is 0 Å². The highest BCUT2D eigenvalue weighted by molar-refractivity contribution is 5.40. The first-order valence-corrected chi connectivity index (χ1v) is 4.72. The molecule has 0 radical (unpaired) electrons. The first kappa shape index (κ1) is 10.9. The summed E-state index contributed by atoms with van der Waals surface area (Å²) in [6.45, 7) is 0.704. The van der Waals surface area contributed by atoms with Crippen molar-refractivity contribution in [2.24, 2.45) is 5.73 Å². The second kappa shape index (κ2) is 5.50. The van der Waals surface area contributed by atoms with Gasteiger partial charge in [-0.1, -0.05) is 6.07 Å². The maximum Gasteiger partial charge on any atom is 0.125 e. The predicted molar refractivity (Wildman–Crippen MR) is 56.9 cm³/mol. The van der Waals surface area contributed by atoms with Crippen molar-refractivity contribution in [3.63, 3.8) is 0 Å². The van der Waals surface area contributed by atoms with Crippen LogP contribution in [0.5, 0.6) is 11.5 Å². The zero-order valence-corrected chi connectivity index (χ0v) is 8.75. The molecule has 14 heavy (non-hydrogen) atoms. The van der Waals surface area contributed by atoms with Gasteiger partial charge in [-0.25, -0.2) is 0 Å². The van der Waals surface area contributed by atoms with E-state index >= 15 is 0 Å². The second-order valence-corrected chi connectivity index (χ2v) is 3.07. The summed E-state index contributed by atoms with van der Waals surface area (Å²) < 4.78 is 10.4. The van der Waals surface area contributed by atoms with Crippen LogP contribution in [0, 0.1) is 0 Å². The lowest BCUT2D eigenvalue weighted by Crippen LogP contribution is -2.01. The minimum atomic E-state index is 0.704. The van der Waals surface area contributed by atoms with Crippen LogP contribution in [0.25, 0.3) is 0 Å². The number of benzene rings is 1. The Labute approximate surface area is 84.8 Å². The van der Waals surface area contributed by atoms with E-state index in [1.54, 1.807) is 14.2 Å². The number of nitrogens with two attached hydrogens (primary N) is 1. The molecular weight excluding hydrogens is 178 g/mol. The fourth-order valence-electron chi connectivity index (χ4n) is 1.35. The molecule has 0 aliphatic rings. The molecule has 0 unspecified atom stereocenters. The summed E-state index contributed by atoms with van der Waals surface area (Å²) in [6, 6.07) is 5.85. The summed E-state index contributed by atoms with van der Waals surface area (Å²) in [7, 11) is 3.31. The molecule has 3 nitrogen and oxygen atoms in total. The van der Waals surface area contributed by atoms with Gasteiger partial charge in [0.05, 0.1) is 14.2 Å². The molecule has 0 aliphatic carbocycles. The summed E-state index contributed by atoms with van der Waals surface area (Å²) in [5.41, 5.74) is 6.64. The van der Waals surface area contributed by atoms with Gasteiger partial charge in [0.1, 0.15) is 11.5 Å². The quantitative estimate of drug-likeness (QED) is 0.776. The lowest BCUT2D eigenvalue weighted by Gasteiger charge is -2.09. The van der Waals surface area contributed by atoms with E-state index in [-0.39, 0.29) is 0 Å². The Kier molecular flexibility index (Phi) is 4.26. The van der Waals surface area contributed by atoms with E-state index in [9.17, 15) is 0 Å². The van der Waals surface area contributed by atoms with Crippen LogP contribution < -0.4 is 15.2 Å². The fraction of sp³-hybridized carbons (Fsp3) is 0.455. The molecule has 0 fully saturated rings. The topological polar surface area (TPSA) is 44.5 Å². The molecule has 1 aromatic carbocycles. The highest BCUT2D eigenvalue weighted by Gasteiger charge is 2.03. The largest absolute Gasteiger partial charge is 0.497 e. The highest BCUT2D eigenvalue weighted by Crippen LogP contribution is 2.25. The van der Waals surface area contributed by atoms with Gasteiger partial charge < -0.3 is 15.2 Å². The minimum absolute atomic E-state index is 0.704. The highest BCUT2D eigenvalue weighted by atomic mass is 16.5. The Morgan fingerprint density at radius 2 is 2.00 bits per heavy atom. The Balaban J connectivity index is 2.82. The molecule has 0 saturated carbocycles. The molecule has 1 rings (SSSR count). The van der Waals surface area contributed by atoms with Crippen molar-refractivity contribution in [3.05, 3.63) is 23.8 Å². The van der Waals surface area contributed by atoms with Gasteiger partial charge >= 0.3 is 0 Å². The molecule has 0 saturated heterocycles. The van der Waals surface area contributed by atoms with Gasteiger partial charge in [-0.2, -0.15) is 0 Å². The molecule has 1 aromatic rings. The van der Waals surface area contributed by atoms with Crippen LogP contribution in [-0.4, -0.2) is 20.8 Å². The molecule has 2 N–H and O–H groups in total. The zero-order valence-electron chi connectivity index (χ0n) is 8.75. The van der Waals surface area contributed by atoms with E-state index in [1.165, 1.54) is 5.56 Å². The van der Waals surface area contributed by atoms with Crippen molar-refractivity contribution >= 4 is 0 Å². The molecule has 0 bridgehead atoms. The predicted octanol–water partition coefficient (Wildman–Crippen LogP) is 1.60. The first-order chi connectivity index (χ1) is 6.81. The first-order valence-electron chi connectivity index (χ1n) is 4.72. The summed E-state index contributed by atoms with van der Waals surface area (Å²) in [6.07, 6.45) is 1.92. The summed E-state index contributed by atoms with van der Waals surface area (Å²) in [5, 5.41) is 0. The van der Waals surface area contributed by atoms with Gasteiger partial charge in [0.15, 0.2) is 0 Å². The van der Waals surface area contributed by atoms with Crippen LogP contribution in [0.3, 0.4) is 0 Å². The summed E-state index contributed by atoms with van der Waals surface area (Å²) in [5.74, 6) is 1.69. The van der Waals surface area contributed by atoms with Crippen LogP contribution in [0.2, 0.25) is 0 Å². The molecular formula is C11H17NO2. The van der Waals surface area contributed by atoms with E-state index in [1.807, 2.05) is 18.2 Å². The number of ether oxygens (including phenoxy) is 2. The SMILES string of the molecule is COc1ccc(CCCN)c(OC)c1. The lowest BCUT2D eigenvalue weighted by atomic mass is 10.1. The third-order valence-corrected chi connectivity index (χ3v) is 2.14.